The van der Waals surface area contributed by atoms with Crippen LogP contribution in [0.2, 0.25) is 0 Å². The Bertz CT molecular complexity index is 871. The second kappa shape index (κ2) is 9.19. The van der Waals surface area contributed by atoms with Gasteiger partial charge in [-0.25, -0.2) is 9.97 Å². The predicted molar refractivity (Wildman–Crippen MR) is 112 cm³/mol. The number of piperazine rings is 1. The lowest BCUT2D eigenvalue weighted by molar-refractivity contribution is 0.283. The summed E-state index contributed by atoms with van der Waals surface area (Å²) in [6.45, 7) is 5.58. The van der Waals surface area contributed by atoms with E-state index in [0.717, 1.165) is 50.1 Å². The van der Waals surface area contributed by atoms with Crippen LogP contribution in [0.25, 0.3) is 6.08 Å². The average molecular weight is 375 g/mol. The molecule has 0 radical (unpaired) electrons. The van der Waals surface area contributed by atoms with Crippen molar-refractivity contribution in [3.63, 3.8) is 0 Å². The van der Waals surface area contributed by atoms with Gasteiger partial charge in [-0.15, -0.1) is 0 Å². The first-order valence-corrected chi connectivity index (χ1v) is 9.64. The lowest BCUT2D eigenvalue weighted by atomic mass is 10.2. The van der Waals surface area contributed by atoms with Gasteiger partial charge in [-0.2, -0.15) is 0 Å². The van der Waals surface area contributed by atoms with Gasteiger partial charge in [0, 0.05) is 38.8 Å². The van der Waals surface area contributed by atoms with Crippen molar-refractivity contribution in [3.05, 3.63) is 78.5 Å². The van der Waals surface area contributed by atoms with Crippen LogP contribution in [-0.4, -0.2) is 47.6 Å². The van der Waals surface area contributed by atoms with E-state index < -0.39 is 0 Å². The van der Waals surface area contributed by atoms with Crippen LogP contribution in [0.15, 0.2) is 71.6 Å². The first-order chi connectivity index (χ1) is 13.9. The molecule has 1 aliphatic heterocycles. The van der Waals surface area contributed by atoms with Crippen molar-refractivity contribution in [1.29, 1.82) is 0 Å². The van der Waals surface area contributed by atoms with E-state index in [1.807, 2.05) is 24.3 Å². The minimum absolute atomic E-state index is 0.616. The molecule has 6 nitrogen and oxygen atoms in total. The number of rotatable bonds is 7. The van der Waals surface area contributed by atoms with Gasteiger partial charge in [-0.3, -0.25) is 4.90 Å². The number of aromatic nitrogens is 2. The molecule has 0 bridgehead atoms. The number of hydrogen-bond donors (Lipinski definition) is 1. The van der Waals surface area contributed by atoms with Crippen LogP contribution < -0.4 is 10.2 Å². The maximum absolute atomic E-state index is 5.35. The number of nitrogens with zero attached hydrogens (tertiary/aromatic N) is 4. The third kappa shape index (κ3) is 4.98. The van der Waals surface area contributed by atoms with Crippen molar-refractivity contribution < 1.29 is 4.42 Å². The molecule has 0 atom stereocenters. The highest BCUT2D eigenvalue weighted by Crippen LogP contribution is 2.17. The highest BCUT2D eigenvalue weighted by atomic mass is 16.3. The minimum Gasteiger partial charge on any atom is -0.467 e. The second-order valence-electron chi connectivity index (χ2n) is 6.80. The number of hydrogen-bond acceptors (Lipinski definition) is 6. The molecule has 0 spiro atoms. The Labute approximate surface area is 165 Å². The van der Waals surface area contributed by atoms with Crippen LogP contribution >= 0.6 is 0 Å². The fourth-order valence-corrected chi connectivity index (χ4v) is 3.27. The van der Waals surface area contributed by atoms with Gasteiger partial charge < -0.3 is 14.6 Å². The molecule has 1 N–H and O–H groups in total. The molecule has 6 heteroatoms. The van der Waals surface area contributed by atoms with Gasteiger partial charge in [0.25, 0.3) is 0 Å². The number of benzene rings is 1. The Morgan fingerprint density at radius 3 is 2.64 bits per heavy atom. The molecule has 1 saturated heterocycles. The Hall–Kier alpha value is -3.12. The van der Waals surface area contributed by atoms with Gasteiger partial charge in [0.2, 0.25) is 0 Å². The van der Waals surface area contributed by atoms with Gasteiger partial charge >= 0.3 is 0 Å². The van der Waals surface area contributed by atoms with Crippen LogP contribution in [0, 0.1) is 0 Å². The Balaban J connectivity index is 1.26. The van der Waals surface area contributed by atoms with Crippen molar-refractivity contribution in [3.8, 4) is 0 Å². The number of nitrogens with one attached hydrogen (secondary N) is 1. The second-order valence-corrected chi connectivity index (χ2v) is 6.80. The van der Waals surface area contributed by atoms with Crippen LogP contribution in [0.5, 0.6) is 0 Å². The topological polar surface area (TPSA) is 57.4 Å². The normalized spacial score (nSPS) is 15.2. The van der Waals surface area contributed by atoms with Crippen LogP contribution in [0.1, 0.15) is 11.3 Å². The smallest absolute Gasteiger partial charge is 0.134 e. The van der Waals surface area contributed by atoms with E-state index in [1.165, 1.54) is 5.56 Å². The largest absolute Gasteiger partial charge is 0.467 e. The summed E-state index contributed by atoms with van der Waals surface area (Å²) >= 11 is 0. The lowest BCUT2D eigenvalue weighted by Crippen LogP contribution is -2.46. The molecule has 1 aromatic carbocycles. The molecule has 4 rings (SSSR count). The summed E-state index contributed by atoms with van der Waals surface area (Å²) in [6.07, 6.45) is 7.73. The first kappa shape index (κ1) is 18.3. The maximum atomic E-state index is 5.35. The molecule has 144 valence electrons. The van der Waals surface area contributed by atoms with Crippen molar-refractivity contribution in [2.45, 2.75) is 6.54 Å². The summed E-state index contributed by atoms with van der Waals surface area (Å²) in [5.74, 6) is 2.67. The van der Waals surface area contributed by atoms with Crippen LogP contribution in [-0.2, 0) is 6.54 Å². The zero-order chi connectivity index (χ0) is 19.0. The van der Waals surface area contributed by atoms with Crippen molar-refractivity contribution in [1.82, 2.24) is 14.9 Å². The predicted octanol–water partition coefficient (Wildman–Crippen LogP) is 3.52. The summed E-state index contributed by atoms with van der Waals surface area (Å²) < 4.78 is 5.35. The monoisotopic (exact) mass is 375 g/mol. The van der Waals surface area contributed by atoms with E-state index in [1.54, 1.807) is 12.6 Å². The van der Waals surface area contributed by atoms with E-state index in [2.05, 4.69) is 61.5 Å². The van der Waals surface area contributed by atoms with Gasteiger partial charge in [-0.05, 0) is 17.7 Å². The first-order valence-electron chi connectivity index (χ1n) is 9.64. The van der Waals surface area contributed by atoms with E-state index in [-0.39, 0.29) is 0 Å². The van der Waals surface area contributed by atoms with Gasteiger partial charge in [0.1, 0.15) is 23.7 Å². The molecular weight excluding hydrogens is 350 g/mol. The third-order valence-electron chi connectivity index (χ3n) is 4.85. The molecule has 0 saturated carbocycles. The van der Waals surface area contributed by atoms with E-state index >= 15 is 0 Å². The van der Waals surface area contributed by atoms with Crippen molar-refractivity contribution in [2.24, 2.45) is 0 Å². The molecule has 0 unspecified atom stereocenters. The van der Waals surface area contributed by atoms with E-state index in [0.29, 0.717) is 6.54 Å². The Kier molecular flexibility index (Phi) is 5.99. The standard InChI is InChI=1S/C22H25N5O/c1-2-6-19(7-3-1)8-4-10-26-11-13-27(14-12-26)22-16-21(24-18-25-22)23-17-20-9-5-15-28-20/h1-9,15-16,18H,10-14,17H2,(H,23,24,25)/b8-4+. The summed E-state index contributed by atoms with van der Waals surface area (Å²) in [6, 6.07) is 16.3. The fourth-order valence-electron chi connectivity index (χ4n) is 3.27. The Morgan fingerprint density at radius 2 is 1.86 bits per heavy atom. The number of anilines is 2. The van der Waals surface area contributed by atoms with E-state index in [4.69, 9.17) is 4.42 Å². The molecule has 1 fully saturated rings. The maximum Gasteiger partial charge on any atom is 0.134 e. The SMILES string of the molecule is C(=C\c1ccccc1)/CN1CCN(c2cc(NCc3ccco3)ncn2)CC1. The molecule has 3 heterocycles. The zero-order valence-electron chi connectivity index (χ0n) is 15.9. The lowest BCUT2D eigenvalue weighted by Gasteiger charge is -2.34. The minimum atomic E-state index is 0.616. The summed E-state index contributed by atoms with van der Waals surface area (Å²) in [5.41, 5.74) is 1.25. The molecular formula is C22H25N5O. The average Bonchev–Trinajstić information content (AvgIpc) is 3.28. The highest BCUT2D eigenvalue weighted by Gasteiger charge is 2.17. The van der Waals surface area contributed by atoms with E-state index in [9.17, 15) is 0 Å². The summed E-state index contributed by atoms with van der Waals surface area (Å²) in [4.78, 5) is 13.5. The molecule has 3 aromatic rings. The quantitative estimate of drug-likeness (QED) is 0.682. The molecule has 1 aliphatic rings. The van der Waals surface area contributed by atoms with Crippen LogP contribution in [0.4, 0.5) is 11.6 Å². The van der Waals surface area contributed by atoms with Crippen LogP contribution in [0.3, 0.4) is 0 Å². The van der Waals surface area contributed by atoms with Crippen molar-refractivity contribution in [2.75, 3.05) is 42.9 Å². The van der Waals surface area contributed by atoms with Gasteiger partial charge in [-0.1, -0.05) is 42.5 Å². The molecule has 28 heavy (non-hydrogen) atoms. The summed E-state index contributed by atoms with van der Waals surface area (Å²) in [7, 11) is 0. The van der Waals surface area contributed by atoms with Gasteiger partial charge in [0.05, 0.1) is 12.8 Å². The molecule has 2 aromatic heterocycles. The molecule has 0 amide bonds. The summed E-state index contributed by atoms with van der Waals surface area (Å²) in [5, 5.41) is 3.29. The van der Waals surface area contributed by atoms with Crippen molar-refractivity contribution >= 4 is 17.7 Å². The Morgan fingerprint density at radius 1 is 1.00 bits per heavy atom. The zero-order valence-corrected chi connectivity index (χ0v) is 15.9. The molecule has 0 aliphatic carbocycles. The number of furan rings is 1. The van der Waals surface area contributed by atoms with Gasteiger partial charge in [0.15, 0.2) is 0 Å². The third-order valence-corrected chi connectivity index (χ3v) is 4.85. The fraction of sp³-hybridized carbons (Fsp3) is 0.273. The highest BCUT2D eigenvalue weighted by molar-refractivity contribution is 5.50.